The fourth-order valence-electron chi connectivity index (χ4n) is 1.19. The van der Waals surface area contributed by atoms with Gasteiger partial charge in [-0.3, -0.25) is 0 Å². The second-order valence-electron chi connectivity index (χ2n) is 3.85. The van der Waals surface area contributed by atoms with Crippen LogP contribution in [0.3, 0.4) is 0 Å². The summed E-state index contributed by atoms with van der Waals surface area (Å²) in [5.74, 6) is 0.699. The Balaban J connectivity index is 2.36. The average molecular weight is 213 g/mol. The van der Waals surface area contributed by atoms with Crippen molar-refractivity contribution in [3.63, 3.8) is 0 Å². The van der Waals surface area contributed by atoms with Crippen LogP contribution in [0, 0.1) is 0 Å². The molecule has 0 saturated heterocycles. The van der Waals surface area contributed by atoms with Crippen molar-refractivity contribution in [2.45, 2.75) is 30.1 Å². The van der Waals surface area contributed by atoms with E-state index in [-0.39, 0.29) is 10.3 Å². The van der Waals surface area contributed by atoms with Crippen LogP contribution in [-0.2, 0) is 15.4 Å². The molecule has 1 saturated carbocycles. The lowest BCUT2D eigenvalue weighted by Gasteiger charge is -2.05. The highest BCUT2D eigenvalue weighted by molar-refractivity contribution is 7.89. The maximum absolute atomic E-state index is 10.9. The number of rotatable bonds is 2. The van der Waals surface area contributed by atoms with Crippen molar-refractivity contribution in [2.75, 3.05) is 0 Å². The molecule has 0 aromatic carbocycles. The summed E-state index contributed by atoms with van der Waals surface area (Å²) in [5.41, 5.74) is 0.0525. The summed E-state index contributed by atoms with van der Waals surface area (Å²) in [6.07, 6.45) is 4.64. The number of nitrogens with two attached hydrogens (primary N) is 1. The van der Waals surface area contributed by atoms with Gasteiger partial charge in [-0.05, 0) is 12.8 Å². The first-order valence-corrected chi connectivity index (χ1v) is 5.82. The van der Waals surface area contributed by atoms with Crippen molar-refractivity contribution in [3.05, 3.63) is 18.2 Å². The third-order valence-electron chi connectivity index (χ3n) is 2.50. The van der Waals surface area contributed by atoms with Crippen LogP contribution in [-0.4, -0.2) is 18.4 Å². The summed E-state index contributed by atoms with van der Waals surface area (Å²) < 4.78 is 21.8. The average Bonchev–Trinajstić information content (AvgIpc) is 2.84. The predicted octanol–water partition coefficient (Wildman–Crippen LogP) is 0.175. The van der Waals surface area contributed by atoms with E-state index in [0.29, 0.717) is 5.82 Å². The van der Waals surface area contributed by atoms with Gasteiger partial charge < -0.3 is 0 Å². The highest BCUT2D eigenvalue weighted by Gasteiger charge is 2.41. The smallest absolute Gasteiger partial charge is 0.239 e. The largest absolute Gasteiger partial charge is 0.241 e. The highest BCUT2D eigenvalue weighted by atomic mass is 32.2. The number of hydrogen-bond acceptors (Lipinski definition) is 4. The summed E-state index contributed by atoms with van der Waals surface area (Å²) in [4.78, 5) is 7.98. The van der Waals surface area contributed by atoms with Crippen LogP contribution in [0.1, 0.15) is 25.6 Å². The van der Waals surface area contributed by atoms with Gasteiger partial charge in [-0.25, -0.2) is 23.5 Å². The lowest BCUT2D eigenvalue weighted by Crippen LogP contribution is -2.14. The molecule has 0 spiro atoms. The van der Waals surface area contributed by atoms with Crippen LogP contribution in [0.5, 0.6) is 0 Å². The van der Waals surface area contributed by atoms with Crippen LogP contribution in [0.2, 0.25) is 0 Å². The number of sulfonamides is 1. The van der Waals surface area contributed by atoms with Crippen LogP contribution >= 0.6 is 0 Å². The van der Waals surface area contributed by atoms with Gasteiger partial charge in [0.15, 0.2) is 0 Å². The summed E-state index contributed by atoms with van der Waals surface area (Å²) in [6, 6.07) is 0. The van der Waals surface area contributed by atoms with Gasteiger partial charge in [0, 0.05) is 5.41 Å². The summed E-state index contributed by atoms with van der Waals surface area (Å²) >= 11 is 0. The Morgan fingerprint density at radius 2 is 1.86 bits per heavy atom. The number of nitrogens with zero attached hydrogens (tertiary/aromatic N) is 2. The molecule has 14 heavy (non-hydrogen) atoms. The molecule has 2 rings (SSSR count). The highest BCUT2D eigenvalue weighted by Crippen LogP contribution is 2.45. The molecule has 0 bridgehead atoms. The molecule has 0 radical (unpaired) electrons. The molecule has 1 aromatic heterocycles. The van der Waals surface area contributed by atoms with Crippen molar-refractivity contribution < 1.29 is 8.42 Å². The second kappa shape index (κ2) is 2.74. The maximum Gasteiger partial charge on any atom is 0.241 e. The zero-order valence-electron chi connectivity index (χ0n) is 7.77. The molecule has 1 aliphatic carbocycles. The van der Waals surface area contributed by atoms with E-state index in [0.717, 1.165) is 12.8 Å². The lowest BCUT2D eigenvalue weighted by molar-refractivity contribution is 0.595. The van der Waals surface area contributed by atoms with E-state index in [1.165, 1.54) is 12.4 Å². The van der Waals surface area contributed by atoms with Gasteiger partial charge in [-0.2, -0.15) is 0 Å². The van der Waals surface area contributed by atoms with E-state index in [1.807, 2.05) is 0 Å². The lowest BCUT2D eigenvalue weighted by atomic mass is 10.1. The van der Waals surface area contributed by atoms with E-state index in [1.54, 1.807) is 0 Å². The first-order chi connectivity index (χ1) is 6.42. The molecular formula is C8H11N3O2S. The third-order valence-corrected chi connectivity index (χ3v) is 3.36. The van der Waals surface area contributed by atoms with E-state index in [4.69, 9.17) is 5.14 Å². The Morgan fingerprint density at radius 3 is 2.21 bits per heavy atom. The van der Waals surface area contributed by atoms with Crippen molar-refractivity contribution in [2.24, 2.45) is 5.14 Å². The monoisotopic (exact) mass is 213 g/mol. The molecule has 1 fully saturated rings. The first-order valence-electron chi connectivity index (χ1n) is 4.27. The van der Waals surface area contributed by atoms with Crippen LogP contribution in [0.25, 0.3) is 0 Å². The number of primary sulfonamides is 1. The zero-order chi connectivity index (χ0) is 10.4. The molecule has 0 aliphatic heterocycles. The summed E-state index contributed by atoms with van der Waals surface area (Å²) in [6.45, 7) is 2.05. The molecule has 1 aliphatic rings. The van der Waals surface area contributed by atoms with Gasteiger partial charge in [0.1, 0.15) is 10.7 Å². The van der Waals surface area contributed by atoms with Gasteiger partial charge in [0.05, 0.1) is 12.4 Å². The Labute approximate surface area is 82.4 Å². The van der Waals surface area contributed by atoms with Gasteiger partial charge in [-0.1, -0.05) is 6.92 Å². The minimum atomic E-state index is -3.67. The molecule has 0 unspecified atom stereocenters. The van der Waals surface area contributed by atoms with Gasteiger partial charge in [-0.15, -0.1) is 0 Å². The fourth-order valence-corrected chi connectivity index (χ4v) is 1.59. The summed E-state index contributed by atoms with van der Waals surface area (Å²) in [5, 5.41) is 4.92. The Bertz CT molecular complexity index is 448. The van der Waals surface area contributed by atoms with Crippen molar-refractivity contribution in [1.29, 1.82) is 0 Å². The second-order valence-corrected chi connectivity index (χ2v) is 5.41. The number of aromatic nitrogens is 2. The molecule has 1 heterocycles. The topological polar surface area (TPSA) is 85.9 Å². The predicted molar refractivity (Wildman–Crippen MR) is 50.0 cm³/mol. The molecule has 6 heteroatoms. The van der Waals surface area contributed by atoms with E-state index in [9.17, 15) is 8.42 Å². The fraction of sp³-hybridized carbons (Fsp3) is 0.500. The van der Waals surface area contributed by atoms with Crippen molar-refractivity contribution in [1.82, 2.24) is 9.97 Å². The molecular weight excluding hydrogens is 202 g/mol. The van der Waals surface area contributed by atoms with Gasteiger partial charge >= 0.3 is 0 Å². The molecule has 5 nitrogen and oxygen atoms in total. The third kappa shape index (κ3) is 1.62. The van der Waals surface area contributed by atoms with E-state index >= 15 is 0 Å². The zero-order valence-corrected chi connectivity index (χ0v) is 8.58. The van der Waals surface area contributed by atoms with Crippen LogP contribution in [0.15, 0.2) is 17.3 Å². The SMILES string of the molecule is CC1(c2ncc(S(N)(=O)=O)cn2)CC1. The van der Waals surface area contributed by atoms with Crippen molar-refractivity contribution >= 4 is 10.0 Å². The molecule has 1 aromatic rings. The Hall–Kier alpha value is -1.01. The van der Waals surface area contributed by atoms with Crippen LogP contribution < -0.4 is 5.14 Å². The summed E-state index contributed by atoms with van der Waals surface area (Å²) in [7, 11) is -3.67. The van der Waals surface area contributed by atoms with Gasteiger partial charge in [0.2, 0.25) is 10.0 Å². The van der Waals surface area contributed by atoms with E-state index < -0.39 is 10.0 Å². The minimum absolute atomic E-state index is 0.0366. The first kappa shape index (κ1) is 9.54. The normalized spacial score (nSPS) is 19.3. The van der Waals surface area contributed by atoms with Crippen molar-refractivity contribution in [3.8, 4) is 0 Å². The molecule has 0 amide bonds. The Kier molecular flexibility index (Phi) is 1.87. The standard InChI is InChI=1S/C8H11N3O2S/c1-8(2-3-8)7-10-4-6(5-11-7)14(9,12)13/h4-5H,2-3H2,1H3,(H2,9,12,13). The molecule has 2 N–H and O–H groups in total. The maximum atomic E-state index is 10.9. The quantitative estimate of drug-likeness (QED) is 0.759. The van der Waals surface area contributed by atoms with Crippen LogP contribution in [0.4, 0.5) is 0 Å². The minimum Gasteiger partial charge on any atom is -0.239 e. The van der Waals surface area contributed by atoms with E-state index in [2.05, 4.69) is 16.9 Å². The Morgan fingerprint density at radius 1 is 1.36 bits per heavy atom. The van der Waals surface area contributed by atoms with Gasteiger partial charge in [0.25, 0.3) is 0 Å². The number of hydrogen-bond donors (Lipinski definition) is 1. The molecule has 76 valence electrons. The molecule has 0 atom stereocenters.